The Morgan fingerprint density at radius 2 is 2.20 bits per heavy atom. The highest BCUT2D eigenvalue weighted by Crippen LogP contribution is 2.25. The van der Waals surface area contributed by atoms with Crippen LogP contribution in [0.5, 0.6) is 0 Å². The van der Waals surface area contributed by atoms with Gasteiger partial charge >= 0.3 is 0 Å². The third-order valence-electron chi connectivity index (χ3n) is 2.54. The van der Waals surface area contributed by atoms with Crippen molar-refractivity contribution < 1.29 is 0 Å². The van der Waals surface area contributed by atoms with E-state index in [0.717, 1.165) is 11.0 Å². The second kappa shape index (κ2) is 4.19. The molecule has 0 aliphatic heterocycles. The lowest BCUT2D eigenvalue weighted by atomic mass is 10.1. The van der Waals surface area contributed by atoms with Crippen LogP contribution in [0, 0.1) is 6.92 Å². The average Bonchev–Trinajstić information content (AvgIpc) is 2.59. The first-order chi connectivity index (χ1) is 7.22. The Labute approximate surface area is 98.1 Å². The standard InChI is InChI=1S/C12H13BrN2/c1-3-15-9(2)12(8-14-15)10-5-4-6-11(13)7-10/h4-8H,3H2,1-2H3. The molecule has 0 saturated carbocycles. The Balaban J connectivity index is 2.49. The van der Waals surface area contributed by atoms with Crippen LogP contribution in [0.4, 0.5) is 0 Å². The third-order valence-corrected chi connectivity index (χ3v) is 3.03. The Morgan fingerprint density at radius 1 is 1.40 bits per heavy atom. The maximum absolute atomic E-state index is 4.34. The van der Waals surface area contributed by atoms with E-state index < -0.39 is 0 Å². The molecular weight excluding hydrogens is 252 g/mol. The van der Waals surface area contributed by atoms with E-state index in [9.17, 15) is 0 Å². The van der Waals surface area contributed by atoms with E-state index in [1.165, 1.54) is 16.8 Å². The van der Waals surface area contributed by atoms with Gasteiger partial charge in [0.05, 0.1) is 6.20 Å². The van der Waals surface area contributed by atoms with Crippen molar-refractivity contribution in [2.45, 2.75) is 20.4 Å². The van der Waals surface area contributed by atoms with Gasteiger partial charge in [0.2, 0.25) is 0 Å². The SMILES string of the molecule is CCn1ncc(-c2cccc(Br)c2)c1C. The van der Waals surface area contributed by atoms with E-state index in [-0.39, 0.29) is 0 Å². The van der Waals surface area contributed by atoms with Crippen LogP contribution in [-0.2, 0) is 6.54 Å². The van der Waals surface area contributed by atoms with Crippen molar-refractivity contribution in [3.63, 3.8) is 0 Å². The maximum Gasteiger partial charge on any atom is 0.0571 e. The van der Waals surface area contributed by atoms with Crippen LogP contribution in [0.15, 0.2) is 34.9 Å². The normalized spacial score (nSPS) is 10.6. The van der Waals surface area contributed by atoms with E-state index in [0.29, 0.717) is 0 Å². The highest BCUT2D eigenvalue weighted by Gasteiger charge is 2.07. The fraction of sp³-hybridized carbons (Fsp3) is 0.250. The number of hydrogen-bond donors (Lipinski definition) is 0. The predicted molar refractivity (Wildman–Crippen MR) is 65.8 cm³/mol. The molecule has 1 aromatic carbocycles. The molecule has 0 saturated heterocycles. The van der Waals surface area contributed by atoms with Crippen molar-refractivity contribution >= 4 is 15.9 Å². The summed E-state index contributed by atoms with van der Waals surface area (Å²) in [4.78, 5) is 0. The van der Waals surface area contributed by atoms with Crippen LogP contribution in [-0.4, -0.2) is 9.78 Å². The molecule has 2 aromatic rings. The van der Waals surface area contributed by atoms with Crippen LogP contribution >= 0.6 is 15.9 Å². The summed E-state index contributed by atoms with van der Waals surface area (Å²) in [5, 5.41) is 4.34. The predicted octanol–water partition coefficient (Wildman–Crippen LogP) is 3.64. The van der Waals surface area contributed by atoms with Crippen molar-refractivity contribution in [2.75, 3.05) is 0 Å². The third kappa shape index (κ3) is 1.97. The van der Waals surface area contributed by atoms with Gasteiger partial charge in [-0.3, -0.25) is 4.68 Å². The van der Waals surface area contributed by atoms with Gasteiger partial charge in [0.1, 0.15) is 0 Å². The summed E-state index contributed by atoms with van der Waals surface area (Å²) >= 11 is 3.48. The minimum absolute atomic E-state index is 0.917. The molecule has 0 aliphatic carbocycles. The number of nitrogens with zero attached hydrogens (tertiary/aromatic N) is 2. The van der Waals surface area contributed by atoms with Crippen molar-refractivity contribution in [1.82, 2.24) is 9.78 Å². The number of benzene rings is 1. The van der Waals surface area contributed by atoms with E-state index in [2.05, 4.69) is 47.0 Å². The van der Waals surface area contributed by atoms with Crippen LogP contribution in [0.25, 0.3) is 11.1 Å². The number of halogens is 1. The lowest BCUT2D eigenvalue weighted by Crippen LogP contribution is -1.98. The molecule has 0 N–H and O–H groups in total. The van der Waals surface area contributed by atoms with Crippen molar-refractivity contribution in [2.24, 2.45) is 0 Å². The zero-order valence-corrected chi connectivity index (χ0v) is 10.5. The van der Waals surface area contributed by atoms with Crippen LogP contribution in [0.2, 0.25) is 0 Å². The molecular formula is C12H13BrN2. The molecule has 2 nitrogen and oxygen atoms in total. The Kier molecular flexibility index (Phi) is 2.91. The van der Waals surface area contributed by atoms with Gasteiger partial charge in [-0.1, -0.05) is 28.1 Å². The monoisotopic (exact) mass is 264 g/mol. The van der Waals surface area contributed by atoms with Gasteiger partial charge in [-0.2, -0.15) is 5.10 Å². The molecule has 0 bridgehead atoms. The second-order valence-corrected chi connectivity index (χ2v) is 4.39. The fourth-order valence-corrected chi connectivity index (χ4v) is 2.10. The Hall–Kier alpha value is -1.09. The molecule has 0 amide bonds. The van der Waals surface area contributed by atoms with Crippen molar-refractivity contribution in [1.29, 1.82) is 0 Å². The smallest absolute Gasteiger partial charge is 0.0571 e. The van der Waals surface area contributed by atoms with Gasteiger partial charge in [-0.05, 0) is 31.5 Å². The van der Waals surface area contributed by atoms with Crippen molar-refractivity contribution in [3.05, 3.63) is 40.6 Å². The quantitative estimate of drug-likeness (QED) is 0.810. The zero-order chi connectivity index (χ0) is 10.8. The Morgan fingerprint density at radius 3 is 2.80 bits per heavy atom. The lowest BCUT2D eigenvalue weighted by Gasteiger charge is -2.02. The van der Waals surface area contributed by atoms with E-state index in [4.69, 9.17) is 0 Å². The van der Waals surface area contributed by atoms with Gasteiger partial charge in [0, 0.05) is 22.3 Å². The van der Waals surface area contributed by atoms with Gasteiger partial charge in [-0.15, -0.1) is 0 Å². The van der Waals surface area contributed by atoms with E-state index in [1.807, 2.05) is 23.0 Å². The van der Waals surface area contributed by atoms with Gasteiger partial charge in [-0.25, -0.2) is 0 Å². The second-order valence-electron chi connectivity index (χ2n) is 3.47. The largest absolute Gasteiger partial charge is 0.270 e. The average molecular weight is 265 g/mol. The summed E-state index contributed by atoms with van der Waals surface area (Å²) in [7, 11) is 0. The van der Waals surface area contributed by atoms with Crippen LogP contribution < -0.4 is 0 Å². The minimum atomic E-state index is 0.917. The van der Waals surface area contributed by atoms with E-state index in [1.54, 1.807) is 0 Å². The first-order valence-corrected chi connectivity index (χ1v) is 5.80. The topological polar surface area (TPSA) is 17.8 Å². The first kappa shape index (κ1) is 10.4. The zero-order valence-electron chi connectivity index (χ0n) is 8.87. The van der Waals surface area contributed by atoms with Crippen LogP contribution in [0.3, 0.4) is 0 Å². The molecule has 2 rings (SSSR count). The number of hydrogen-bond acceptors (Lipinski definition) is 1. The number of rotatable bonds is 2. The minimum Gasteiger partial charge on any atom is -0.270 e. The number of aromatic nitrogens is 2. The van der Waals surface area contributed by atoms with Gasteiger partial charge in [0.25, 0.3) is 0 Å². The summed E-state index contributed by atoms with van der Waals surface area (Å²) in [6, 6.07) is 8.30. The summed E-state index contributed by atoms with van der Waals surface area (Å²) in [5.74, 6) is 0. The fourth-order valence-electron chi connectivity index (χ4n) is 1.70. The summed E-state index contributed by atoms with van der Waals surface area (Å²) in [6.07, 6.45) is 1.93. The van der Waals surface area contributed by atoms with Gasteiger partial charge in [0.15, 0.2) is 0 Å². The van der Waals surface area contributed by atoms with Crippen molar-refractivity contribution in [3.8, 4) is 11.1 Å². The highest BCUT2D eigenvalue weighted by atomic mass is 79.9. The molecule has 0 spiro atoms. The molecule has 1 heterocycles. The molecule has 78 valence electrons. The summed E-state index contributed by atoms with van der Waals surface area (Å²) in [5.41, 5.74) is 3.63. The maximum atomic E-state index is 4.34. The summed E-state index contributed by atoms with van der Waals surface area (Å²) < 4.78 is 3.11. The molecule has 1 aromatic heterocycles. The number of aryl methyl sites for hydroxylation is 1. The van der Waals surface area contributed by atoms with E-state index >= 15 is 0 Å². The summed E-state index contributed by atoms with van der Waals surface area (Å²) in [6.45, 7) is 5.12. The highest BCUT2D eigenvalue weighted by molar-refractivity contribution is 9.10. The van der Waals surface area contributed by atoms with Crippen LogP contribution in [0.1, 0.15) is 12.6 Å². The lowest BCUT2D eigenvalue weighted by molar-refractivity contribution is 0.640. The first-order valence-electron chi connectivity index (χ1n) is 5.00. The molecule has 3 heteroatoms. The molecule has 0 unspecified atom stereocenters. The molecule has 0 fully saturated rings. The molecule has 0 atom stereocenters. The molecule has 15 heavy (non-hydrogen) atoms. The van der Waals surface area contributed by atoms with Gasteiger partial charge < -0.3 is 0 Å². The molecule has 0 radical (unpaired) electrons. The Bertz CT molecular complexity index is 474. The molecule has 0 aliphatic rings.